The van der Waals surface area contributed by atoms with E-state index in [9.17, 15) is 4.79 Å². The molecule has 1 unspecified atom stereocenters. The normalized spacial score (nSPS) is 17.9. The number of aryl methyl sites for hydroxylation is 1. The molecule has 3 aromatic rings. The molecule has 0 radical (unpaired) electrons. The lowest BCUT2D eigenvalue weighted by molar-refractivity contribution is 0.0593. The van der Waals surface area contributed by atoms with Gasteiger partial charge in [0.05, 0.1) is 14.2 Å². The van der Waals surface area contributed by atoms with E-state index in [-0.39, 0.29) is 6.04 Å². The molecule has 0 saturated carbocycles. The lowest BCUT2D eigenvalue weighted by Crippen LogP contribution is -2.46. The molecule has 1 atom stereocenters. The number of rotatable bonds is 5. The van der Waals surface area contributed by atoms with Crippen molar-refractivity contribution in [2.45, 2.75) is 19.5 Å². The van der Waals surface area contributed by atoms with Gasteiger partial charge >= 0.3 is 5.97 Å². The third-order valence-electron chi connectivity index (χ3n) is 5.95. The third kappa shape index (κ3) is 3.78. The van der Waals surface area contributed by atoms with Crippen molar-refractivity contribution in [3.8, 4) is 5.75 Å². The second kappa shape index (κ2) is 8.45. The second-order valence-corrected chi connectivity index (χ2v) is 7.86. The summed E-state index contributed by atoms with van der Waals surface area (Å²) >= 11 is 0. The number of fused-ring (bicyclic) bond motifs is 1. The molecule has 4 rings (SSSR count). The van der Waals surface area contributed by atoms with Crippen LogP contribution >= 0.6 is 0 Å². The van der Waals surface area contributed by atoms with Crippen LogP contribution in [0, 0.1) is 6.92 Å². The van der Waals surface area contributed by atoms with Gasteiger partial charge in [0.25, 0.3) is 0 Å². The molecule has 1 saturated heterocycles. The first kappa shape index (κ1) is 20.4. The van der Waals surface area contributed by atoms with Crippen molar-refractivity contribution < 1.29 is 14.3 Å². The Labute approximate surface area is 176 Å². The molecule has 3 heterocycles. The number of nitrogens with zero attached hydrogens (tertiary/aromatic N) is 3. The van der Waals surface area contributed by atoms with Crippen molar-refractivity contribution in [1.29, 1.82) is 0 Å². The number of methoxy groups -OCH3 is 2. The van der Waals surface area contributed by atoms with Crippen molar-refractivity contribution in [2.75, 3.05) is 40.9 Å². The second-order valence-electron chi connectivity index (χ2n) is 7.86. The smallest absolute Gasteiger partial charge is 0.356 e. The Balaban J connectivity index is 1.67. The minimum atomic E-state index is -0.418. The fourth-order valence-electron chi connectivity index (χ4n) is 4.27. The SMILES string of the molecule is COC(=O)c1ccc(C2CN(C)CCN2Cc2c(OC)cc(C)c3[nH]ccc23)cn1. The summed E-state index contributed by atoms with van der Waals surface area (Å²) in [4.78, 5) is 24.2. The number of likely N-dealkylation sites (N-methyl/N-ethyl adjacent to an activating group) is 1. The maximum atomic E-state index is 11.7. The molecule has 7 heteroatoms. The van der Waals surface area contributed by atoms with Crippen LogP contribution in [0.1, 0.15) is 33.2 Å². The van der Waals surface area contributed by atoms with Crippen LogP contribution in [0.4, 0.5) is 0 Å². The largest absolute Gasteiger partial charge is 0.496 e. The molecule has 1 aliphatic rings. The van der Waals surface area contributed by atoms with Gasteiger partial charge < -0.3 is 19.4 Å². The quantitative estimate of drug-likeness (QED) is 0.654. The highest BCUT2D eigenvalue weighted by atomic mass is 16.5. The molecule has 0 amide bonds. The summed E-state index contributed by atoms with van der Waals surface area (Å²) < 4.78 is 10.5. The molecule has 1 N–H and O–H groups in total. The first-order valence-electron chi connectivity index (χ1n) is 10.1. The maximum Gasteiger partial charge on any atom is 0.356 e. The number of hydrogen-bond donors (Lipinski definition) is 1. The highest BCUT2D eigenvalue weighted by molar-refractivity contribution is 5.88. The standard InChI is InChI=1S/C23H28N4O3/c1-15-11-21(29-3)18(17-7-8-24-22(15)17)13-27-10-9-26(2)14-20(27)16-5-6-19(25-12-16)23(28)30-4/h5-8,11-12,20,24H,9-10,13-14H2,1-4H3. The molecule has 1 fully saturated rings. The lowest BCUT2D eigenvalue weighted by atomic mass is 10.00. The third-order valence-corrected chi connectivity index (χ3v) is 5.95. The van der Waals surface area contributed by atoms with E-state index in [1.54, 1.807) is 19.4 Å². The molecule has 1 aliphatic heterocycles. The molecule has 0 spiro atoms. The van der Waals surface area contributed by atoms with Crippen molar-refractivity contribution in [1.82, 2.24) is 19.8 Å². The van der Waals surface area contributed by atoms with E-state index in [0.29, 0.717) is 5.69 Å². The van der Waals surface area contributed by atoms with Crippen LogP contribution in [0.25, 0.3) is 10.9 Å². The topological polar surface area (TPSA) is 70.7 Å². The molecule has 30 heavy (non-hydrogen) atoms. The average Bonchev–Trinajstić information content (AvgIpc) is 3.26. The number of ether oxygens (including phenoxy) is 2. The summed E-state index contributed by atoms with van der Waals surface area (Å²) in [5, 5.41) is 1.20. The first-order valence-corrected chi connectivity index (χ1v) is 10.1. The fourth-order valence-corrected chi connectivity index (χ4v) is 4.27. The summed E-state index contributed by atoms with van der Waals surface area (Å²) in [5.74, 6) is 0.495. The van der Waals surface area contributed by atoms with Crippen molar-refractivity contribution in [2.24, 2.45) is 0 Å². The molecule has 2 aromatic heterocycles. The van der Waals surface area contributed by atoms with E-state index in [1.807, 2.05) is 12.3 Å². The van der Waals surface area contributed by atoms with E-state index < -0.39 is 5.97 Å². The zero-order chi connectivity index (χ0) is 21.3. The summed E-state index contributed by atoms with van der Waals surface area (Å²) in [7, 11) is 5.23. The van der Waals surface area contributed by atoms with Crippen LogP contribution in [-0.4, -0.2) is 66.6 Å². The van der Waals surface area contributed by atoms with Crippen LogP contribution in [0.3, 0.4) is 0 Å². The van der Waals surface area contributed by atoms with Gasteiger partial charge in [0, 0.05) is 61.1 Å². The minimum Gasteiger partial charge on any atom is -0.496 e. The van der Waals surface area contributed by atoms with Gasteiger partial charge in [-0.25, -0.2) is 9.78 Å². The van der Waals surface area contributed by atoms with Crippen molar-refractivity contribution in [3.05, 3.63) is 59.0 Å². The number of carbonyl (C=O) groups is 1. The number of carbonyl (C=O) groups excluding carboxylic acids is 1. The van der Waals surface area contributed by atoms with Gasteiger partial charge in [0.2, 0.25) is 0 Å². The molecule has 0 aliphatic carbocycles. The molecule has 158 valence electrons. The van der Waals surface area contributed by atoms with Crippen LogP contribution < -0.4 is 4.74 Å². The highest BCUT2D eigenvalue weighted by Crippen LogP contribution is 2.34. The number of benzene rings is 1. The van der Waals surface area contributed by atoms with Crippen molar-refractivity contribution in [3.63, 3.8) is 0 Å². The minimum absolute atomic E-state index is 0.169. The molecular formula is C23H28N4O3. The lowest BCUT2D eigenvalue weighted by Gasteiger charge is -2.40. The first-order chi connectivity index (χ1) is 14.5. The van der Waals surface area contributed by atoms with Crippen LogP contribution in [0.15, 0.2) is 36.7 Å². The van der Waals surface area contributed by atoms with E-state index in [2.05, 4.69) is 45.9 Å². The molecule has 7 nitrogen and oxygen atoms in total. The Morgan fingerprint density at radius 1 is 1.27 bits per heavy atom. The van der Waals surface area contributed by atoms with Gasteiger partial charge in [-0.05, 0) is 43.3 Å². The number of piperazine rings is 1. The van der Waals surface area contributed by atoms with E-state index in [1.165, 1.54) is 23.6 Å². The average molecular weight is 409 g/mol. The Morgan fingerprint density at radius 3 is 2.80 bits per heavy atom. The maximum absolute atomic E-state index is 11.7. The Bertz CT molecular complexity index is 1040. The van der Waals surface area contributed by atoms with Crippen LogP contribution in [-0.2, 0) is 11.3 Å². The number of H-pyrrole nitrogens is 1. The number of nitrogens with one attached hydrogen (secondary N) is 1. The van der Waals surface area contributed by atoms with Gasteiger partial charge in [0.1, 0.15) is 11.4 Å². The Kier molecular flexibility index (Phi) is 5.74. The number of hydrogen-bond acceptors (Lipinski definition) is 6. The van der Waals surface area contributed by atoms with Crippen LogP contribution in [0.2, 0.25) is 0 Å². The van der Waals surface area contributed by atoms with E-state index in [4.69, 9.17) is 9.47 Å². The number of esters is 1. The van der Waals surface area contributed by atoms with E-state index >= 15 is 0 Å². The van der Waals surface area contributed by atoms with Gasteiger partial charge in [-0.15, -0.1) is 0 Å². The van der Waals surface area contributed by atoms with Crippen LogP contribution in [0.5, 0.6) is 5.75 Å². The van der Waals surface area contributed by atoms with Gasteiger partial charge in [-0.1, -0.05) is 6.07 Å². The number of aromatic amines is 1. The molecule has 0 bridgehead atoms. The highest BCUT2D eigenvalue weighted by Gasteiger charge is 2.28. The predicted octanol–water partition coefficient (Wildman–Crippen LogP) is 3.16. The van der Waals surface area contributed by atoms with Gasteiger partial charge in [-0.2, -0.15) is 0 Å². The van der Waals surface area contributed by atoms with Gasteiger partial charge in [0.15, 0.2) is 0 Å². The molecule has 1 aromatic carbocycles. The number of aromatic nitrogens is 2. The van der Waals surface area contributed by atoms with Gasteiger partial charge in [-0.3, -0.25) is 4.90 Å². The zero-order valence-corrected chi connectivity index (χ0v) is 17.9. The summed E-state index contributed by atoms with van der Waals surface area (Å²) in [6.45, 7) is 5.69. The van der Waals surface area contributed by atoms with Crippen molar-refractivity contribution >= 4 is 16.9 Å². The summed E-state index contributed by atoms with van der Waals surface area (Å²) in [5.41, 5.74) is 4.93. The Hall–Kier alpha value is -2.90. The number of pyridine rings is 1. The Morgan fingerprint density at radius 2 is 2.10 bits per heavy atom. The molecular weight excluding hydrogens is 380 g/mol. The predicted molar refractivity (Wildman–Crippen MR) is 116 cm³/mol. The summed E-state index contributed by atoms with van der Waals surface area (Å²) in [6, 6.07) is 8.12. The monoisotopic (exact) mass is 408 g/mol. The summed E-state index contributed by atoms with van der Waals surface area (Å²) in [6.07, 6.45) is 3.78. The fraction of sp³-hybridized carbons (Fsp3) is 0.391. The van der Waals surface area contributed by atoms with E-state index in [0.717, 1.165) is 43.0 Å². The zero-order valence-electron chi connectivity index (χ0n) is 17.9.